The van der Waals surface area contributed by atoms with Crippen molar-refractivity contribution in [2.24, 2.45) is 0 Å². The van der Waals surface area contributed by atoms with E-state index in [0.717, 1.165) is 0 Å². The molecule has 4 heteroatoms. The van der Waals surface area contributed by atoms with Crippen LogP contribution < -0.4 is 0 Å². The molecule has 2 aromatic heterocycles. The van der Waals surface area contributed by atoms with E-state index in [1.807, 2.05) is 6.07 Å². The largest absolute Gasteiger partial charge is 0.261 e. The quantitative estimate of drug-likeness (QED) is 0.654. The molecule has 15 heavy (non-hydrogen) atoms. The van der Waals surface area contributed by atoms with Crippen molar-refractivity contribution in [1.82, 2.24) is 14.8 Å². The SMILES string of the molecule is Fc1cccnc1C#CCn1cccn1. The Hall–Kier alpha value is -2.15. The van der Waals surface area contributed by atoms with Crippen molar-refractivity contribution in [1.29, 1.82) is 0 Å². The molecule has 0 saturated carbocycles. The second-order valence-electron chi connectivity index (χ2n) is 2.84. The average Bonchev–Trinajstić information content (AvgIpc) is 2.74. The predicted octanol–water partition coefficient (Wildman–Crippen LogP) is 1.47. The van der Waals surface area contributed by atoms with Crippen molar-refractivity contribution in [2.75, 3.05) is 0 Å². The van der Waals surface area contributed by atoms with Gasteiger partial charge in [0.15, 0.2) is 5.82 Å². The molecule has 2 heterocycles. The van der Waals surface area contributed by atoms with Gasteiger partial charge in [-0.25, -0.2) is 9.37 Å². The monoisotopic (exact) mass is 201 g/mol. The molecule has 0 spiro atoms. The van der Waals surface area contributed by atoms with Crippen LogP contribution in [-0.4, -0.2) is 14.8 Å². The van der Waals surface area contributed by atoms with Gasteiger partial charge in [-0.05, 0) is 24.1 Å². The molecule has 0 aliphatic carbocycles. The number of hydrogen-bond donors (Lipinski definition) is 0. The third-order valence-corrected chi connectivity index (χ3v) is 1.77. The minimum absolute atomic E-state index is 0.171. The summed E-state index contributed by atoms with van der Waals surface area (Å²) in [6.07, 6.45) is 4.98. The van der Waals surface area contributed by atoms with Crippen molar-refractivity contribution >= 4 is 0 Å². The van der Waals surface area contributed by atoms with Gasteiger partial charge in [-0.15, -0.1) is 0 Å². The Balaban J connectivity index is 2.09. The fraction of sp³-hybridized carbons (Fsp3) is 0.0909. The van der Waals surface area contributed by atoms with Crippen LogP contribution >= 0.6 is 0 Å². The smallest absolute Gasteiger partial charge is 0.157 e. The molecule has 3 nitrogen and oxygen atoms in total. The summed E-state index contributed by atoms with van der Waals surface area (Å²) in [6, 6.07) is 4.68. The Bertz CT molecular complexity index is 494. The Morgan fingerprint density at radius 2 is 2.27 bits per heavy atom. The first-order chi connectivity index (χ1) is 7.36. The molecule has 0 unspecified atom stereocenters. The highest BCUT2D eigenvalue weighted by Gasteiger charge is 1.96. The summed E-state index contributed by atoms with van der Waals surface area (Å²) in [4.78, 5) is 3.82. The lowest BCUT2D eigenvalue weighted by molar-refractivity contribution is 0.617. The summed E-state index contributed by atoms with van der Waals surface area (Å²) in [5.74, 6) is 5.05. The number of halogens is 1. The molecular formula is C11H8FN3. The third kappa shape index (κ3) is 2.41. The van der Waals surface area contributed by atoms with Gasteiger partial charge < -0.3 is 0 Å². The standard InChI is InChI=1S/C11H8FN3/c12-10-4-1-6-13-11(10)5-2-8-15-9-3-7-14-15/h1,3-4,6-7,9H,8H2. The number of pyridine rings is 1. The molecule has 0 saturated heterocycles. The van der Waals surface area contributed by atoms with Crippen LogP contribution in [0, 0.1) is 17.7 Å². The molecule has 0 aliphatic rings. The van der Waals surface area contributed by atoms with Gasteiger partial charge in [-0.1, -0.05) is 5.92 Å². The van der Waals surface area contributed by atoms with E-state index in [0.29, 0.717) is 6.54 Å². The zero-order valence-electron chi connectivity index (χ0n) is 7.89. The summed E-state index contributed by atoms with van der Waals surface area (Å²) >= 11 is 0. The van der Waals surface area contributed by atoms with Crippen LogP contribution in [0.5, 0.6) is 0 Å². The molecule has 0 atom stereocenters. The second-order valence-corrected chi connectivity index (χ2v) is 2.84. The Kier molecular flexibility index (Phi) is 2.75. The third-order valence-electron chi connectivity index (χ3n) is 1.77. The second kappa shape index (κ2) is 4.38. The molecule has 0 aliphatic heterocycles. The van der Waals surface area contributed by atoms with Crippen molar-refractivity contribution in [3.8, 4) is 11.8 Å². The molecule has 0 fully saturated rings. The molecule has 0 N–H and O–H groups in total. The lowest BCUT2D eigenvalue weighted by atomic mass is 10.3. The van der Waals surface area contributed by atoms with Gasteiger partial charge in [-0.2, -0.15) is 5.10 Å². The molecule has 2 rings (SSSR count). The van der Waals surface area contributed by atoms with Gasteiger partial charge in [0, 0.05) is 18.6 Å². The van der Waals surface area contributed by atoms with Crippen LogP contribution in [0.1, 0.15) is 5.69 Å². The van der Waals surface area contributed by atoms with E-state index in [1.165, 1.54) is 18.3 Å². The van der Waals surface area contributed by atoms with E-state index >= 15 is 0 Å². The van der Waals surface area contributed by atoms with E-state index < -0.39 is 5.82 Å². The average molecular weight is 201 g/mol. The first-order valence-electron chi connectivity index (χ1n) is 4.43. The molecule has 2 aromatic rings. The zero-order valence-corrected chi connectivity index (χ0v) is 7.89. The van der Waals surface area contributed by atoms with Crippen molar-refractivity contribution < 1.29 is 4.39 Å². The normalized spacial score (nSPS) is 9.40. The summed E-state index contributed by atoms with van der Waals surface area (Å²) in [5, 5.41) is 3.97. The summed E-state index contributed by atoms with van der Waals surface area (Å²) < 4.78 is 14.7. The molecular weight excluding hydrogens is 193 g/mol. The first-order valence-corrected chi connectivity index (χ1v) is 4.43. The van der Waals surface area contributed by atoms with Crippen LogP contribution in [0.4, 0.5) is 4.39 Å². The Morgan fingerprint density at radius 1 is 1.33 bits per heavy atom. The van der Waals surface area contributed by atoms with Crippen molar-refractivity contribution in [3.63, 3.8) is 0 Å². The minimum atomic E-state index is -0.398. The van der Waals surface area contributed by atoms with Crippen LogP contribution in [0.3, 0.4) is 0 Å². The lowest BCUT2D eigenvalue weighted by Gasteiger charge is -1.92. The first kappa shape index (κ1) is 9.41. The van der Waals surface area contributed by atoms with E-state index in [9.17, 15) is 4.39 Å². The Labute approximate surface area is 86.6 Å². The molecule has 0 aromatic carbocycles. The Morgan fingerprint density at radius 3 is 3.00 bits per heavy atom. The predicted molar refractivity (Wildman–Crippen MR) is 53.3 cm³/mol. The van der Waals surface area contributed by atoms with Crippen molar-refractivity contribution in [3.05, 3.63) is 48.3 Å². The summed E-state index contributed by atoms with van der Waals surface area (Å²) in [6.45, 7) is 0.434. The maximum atomic E-state index is 13.1. The van der Waals surface area contributed by atoms with Gasteiger partial charge in [0.2, 0.25) is 0 Å². The maximum Gasteiger partial charge on any atom is 0.157 e. The highest BCUT2D eigenvalue weighted by atomic mass is 19.1. The summed E-state index contributed by atoms with van der Waals surface area (Å²) in [7, 11) is 0. The van der Waals surface area contributed by atoms with Gasteiger partial charge in [0.1, 0.15) is 12.2 Å². The highest BCUT2D eigenvalue weighted by Crippen LogP contribution is 1.99. The van der Waals surface area contributed by atoms with E-state index in [2.05, 4.69) is 21.9 Å². The van der Waals surface area contributed by atoms with E-state index in [1.54, 1.807) is 17.1 Å². The zero-order chi connectivity index (χ0) is 10.5. The van der Waals surface area contributed by atoms with Gasteiger partial charge >= 0.3 is 0 Å². The van der Waals surface area contributed by atoms with Crippen LogP contribution in [0.25, 0.3) is 0 Å². The minimum Gasteiger partial charge on any atom is -0.261 e. The molecule has 74 valence electrons. The number of nitrogens with zero attached hydrogens (tertiary/aromatic N) is 3. The van der Waals surface area contributed by atoms with Gasteiger partial charge in [0.05, 0.1) is 0 Å². The maximum absolute atomic E-state index is 13.1. The van der Waals surface area contributed by atoms with E-state index in [4.69, 9.17) is 0 Å². The lowest BCUT2D eigenvalue weighted by Crippen LogP contribution is -1.95. The number of aromatic nitrogens is 3. The van der Waals surface area contributed by atoms with Gasteiger partial charge in [-0.3, -0.25) is 4.68 Å². The van der Waals surface area contributed by atoms with Gasteiger partial charge in [0.25, 0.3) is 0 Å². The topological polar surface area (TPSA) is 30.7 Å². The van der Waals surface area contributed by atoms with E-state index in [-0.39, 0.29) is 5.69 Å². The number of rotatable bonds is 1. The summed E-state index contributed by atoms with van der Waals surface area (Å²) in [5.41, 5.74) is 0.171. The number of hydrogen-bond acceptors (Lipinski definition) is 2. The van der Waals surface area contributed by atoms with Crippen molar-refractivity contribution in [2.45, 2.75) is 6.54 Å². The van der Waals surface area contributed by atoms with Crippen LogP contribution in [0.2, 0.25) is 0 Å². The molecule has 0 bridgehead atoms. The molecule has 0 amide bonds. The fourth-order valence-electron chi connectivity index (χ4n) is 1.08. The fourth-order valence-corrected chi connectivity index (χ4v) is 1.08. The van der Waals surface area contributed by atoms with Crippen LogP contribution in [-0.2, 0) is 6.54 Å². The highest BCUT2D eigenvalue weighted by molar-refractivity contribution is 5.28. The molecule has 0 radical (unpaired) electrons. The van der Waals surface area contributed by atoms with Crippen LogP contribution in [0.15, 0.2) is 36.8 Å².